The highest BCUT2D eigenvalue weighted by molar-refractivity contribution is 5.81. The summed E-state index contributed by atoms with van der Waals surface area (Å²) in [5.74, 6) is 0.897. The fourth-order valence-corrected chi connectivity index (χ4v) is 1.81. The van der Waals surface area contributed by atoms with Gasteiger partial charge in [-0.3, -0.25) is 0 Å². The molecule has 80 valence electrons. The summed E-state index contributed by atoms with van der Waals surface area (Å²) in [4.78, 5) is 0. The Kier molecular flexibility index (Phi) is 2.78. The van der Waals surface area contributed by atoms with Gasteiger partial charge in [-0.05, 0) is 24.5 Å². The molecule has 0 radical (unpaired) electrons. The number of nitrogens with two attached hydrogens (primary N) is 1. The van der Waals surface area contributed by atoms with Crippen LogP contribution in [0.1, 0.15) is 37.6 Å². The van der Waals surface area contributed by atoms with Gasteiger partial charge in [0, 0.05) is 5.39 Å². The number of benzene rings is 1. The van der Waals surface area contributed by atoms with E-state index in [-0.39, 0.29) is 6.04 Å². The Labute approximate surface area is 90.1 Å². The highest BCUT2D eigenvalue weighted by Crippen LogP contribution is 2.27. The average molecular weight is 203 g/mol. The quantitative estimate of drug-likeness (QED) is 0.830. The van der Waals surface area contributed by atoms with Crippen molar-refractivity contribution in [3.05, 3.63) is 35.6 Å². The summed E-state index contributed by atoms with van der Waals surface area (Å²) in [6.45, 7) is 4.20. The summed E-state index contributed by atoms with van der Waals surface area (Å²) in [5, 5.41) is 1.16. The van der Waals surface area contributed by atoms with Crippen molar-refractivity contribution in [1.29, 1.82) is 0 Å². The van der Waals surface area contributed by atoms with Crippen LogP contribution >= 0.6 is 0 Å². The number of hydrogen-bond acceptors (Lipinski definition) is 2. The molecular formula is C13H17NO. The maximum absolute atomic E-state index is 5.96. The van der Waals surface area contributed by atoms with E-state index in [2.05, 4.69) is 38.1 Å². The molecule has 2 nitrogen and oxygen atoms in total. The van der Waals surface area contributed by atoms with Crippen LogP contribution in [0.25, 0.3) is 11.0 Å². The van der Waals surface area contributed by atoms with Crippen LogP contribution in [0, 0.1) is 0 Å². The molecule has 0 bridgehead atoms. The molecule has 0 aliphatic heterocycles. The smallest absolute Gasteiger partial charge is 0.137 e. The predicted octanol–water partition coefficient (Wildman–Crippen LogP) is 3.41. The largest absolute Gasteiger partial charge is 0.459 e. The first-order valence-electron chi connectivity index (χ1n) is 5.53. The highest BCUT2D eigenvalue weighted by atomic mass is 16.3. The molecule has 1 aromatic carbocycles. The topological polar surface area (TPSA) is 39.2 Å². The fraction of sp³-hybridized carbons (Fsp3) is 0.385. The molecule has 0 amide bonds. The molecule has 0 saturated carbocycles. The number of rotatable bonds is 3. The van der Waals surface area contributed by atoms with Crippen molar-refractivity contribution in [3.8, 4) is 0 Å². The van der Waals surface area contributed by atoms with Crippen molar-refractivity contribution in [2.24, 2.45) is 5.73 Å². The molecule has 1 heterocycles. The number of furan rings is 1. The van der Waals surface area contributed by atoms with Crippen LogP contribution < -0.4 is 5.73 Å². The molecule has 2 aromatic rings. The van der Waals surface area contributed by atoms with E-state index < -0.39 is 0 Å². The maximum Gasteiger partial charge on any atom is 0.137 e. The zero-order valence-electron chi connectivity index (χ0n) is 9.29. The van der Waals surface area contributed by atoms with E-state index in [1.165, 1.54) is 5.56 Å². The first-order valence-corrected chi connectivity index (χ1v) is 5.53. The molecule has 2 N–H and O–H groups in total. The maximum atomic E-state index is 5.96. The molecule has 0 saturated heterocycles. The van der Waals surface area contributed by atoms with Crippen LogP contribution in [-0.4, -0.2) is 0 Å². The fourth-order valence-electron chi connectivity index (χ4n) is 1.81. The first-order chi connectivity index (χ1) is 7.26. The van der Waals surface area contributed by atoms with Gasteiger partial charge in [0.1, 0.15) is 11.3 Å². The van der Waals surface area contributed by atoms with Crippen molar-refractivity contribution in [2.45, 2.75) is 32.7 Å². The monoisotopic (exact) mass is 203 g/mol. The summed E-state index contributed by atoms with van der Waals surface area (Å²) < 4.78 is 5.82. The van der Waals surface area contributed by atoms with Gasteiger partial charge in [-0.15, -0.1) is 0 Å². The number of fused-ring (bicyclic) bond motifs is 1. The number of para-hydroxylation sites is 1. The van der Waals surface area contributed by atoms with E-state index in [9.17, 15) is 0 Å². The molecule has 0 fully saturated rings. The van der Waals surface area contributed by atoms with Crippen molar-refractivity contribution in [1.82, 2.24) is 0 Å². The molecule has 2 heteroatoms. The van der Waals surface area contributed by atoms with Gasteiger partial charge >= 0.3 is 0 Å². The average Bonchev–Trinajstić information content (AvgIpc) is 2.71. The lowest BCUT2D eigenvalue weighted by atomic mass is 10.1. The Morgan fingerprint density at radius 1 is 1.33 bits per heavy atom. The molecule has 0 aliphatic rings. The summed E-state index contributed by atoms with van der Waals surface area (Å²) in [7, 11) is 0. The van der Waals surface area contributed by atoms with Gasteiger partial charge in [-0.1, -0.05) is 32.0 Å². The molecular weight excluding hydrogens is 186 g/mol. The molecule has 0 aliphatic carbocycles. The van der Waals surface area contributed by atoms with Crippen molar-refractivity contribution >= 4 is 11.0 Å². The van der Waals surface area contributed by atoms with Gasteiger partial charge < -0.3 is 10.2 Å². The Morgan fingerprint density at radius 3 is 2.80 bits per heavy atom. The lowest BCUT2D eigenvalue weighted by molar-refractivity contribution is 0.487. The van der Waals surface area contributed by atoms with Gasteiger partial charge in [0.05, 0.1) is 6.04 Å². The molecule has 15 heavy (non-hydrogen) atoms. The van der Waals surface area contributed by atoms with Gasteiger partial charge in [-0.25, -0.2) is 0 Å². The second-order valence-electron chi connectivity index (χ2n) is 3.85. The van der Waals surface area contributed by atoms with Gasteiger partial charge in [0.15, 0.2) is 0 Å². The minimum atomic E-state index is 0.0158. The normalized spacial score (nSPS) is 13.3. The van der Waals surface area contributed by atoms with Crippen LogP contribution in [-0.2, 0) is 6.42 Å². The minimum Gasteiger partial charge on any atom is -0.459 e. The zero-order valence-corrected chi connectivity index (χ0v) is 9.29. The van der Waals surface area contributed by atoms with E-state index in [1.807, 2.05) is 0 Å². The minimum absolute atomic E-state index is 0.0158. The van der Waals surface area contributed by atoms with Crippen LogP contribution in [0.2, 0.25) is 0 Å². The zero-order chi connectivity index (χ0) is 10.8. The standard InChI is InChI=1S/C13H17NO/c1-3-9-6-5-7-10-8-12(11(14)4-2)15-13(9)10/h5-8,11H,3-4,14H2,1-2H3. The van der Waals surface area contributed by atoms with Gasteiger partial charge in [0.2, 0.25) is 0 Å². The van der Waals surface area contributed by atoms with E-state index in [0.717, 1.165) is 29.6 Å². The molecule has 1 unspecified atom stereocenters. The van der Waals surface area contributed by atoms with E-state index in [4.69, 9.17) is 10.2 Å². The summed E-state index contributed by atoms with van der Waals surface area (Å²) in [6.07, 6.45) is 1.90. The third-order valence-electron chi connectivity index (χ3n) is 2.83. The molecule has 1 aromatic heterocycles. The Bertz CT molecular complexity index is 459. The SMILES string of the molecule is CCc1cccc2cc(C(N)CC)oc12. The summed E-state index contributed by atoms with van der Waals surface area (Å²) in [5.41, 5.74) is 8.21. The van der Waals surface area contributed by atoms with Crippen LogP contribution in [0.5, 0.6) is 0 Å². The lowest BCUT2D eigenvalue weighted by Gasteiger charge is -2.02. The van der Waals surface area contributed by atoms with Gasteiger partial charge in [-0.2, -0.15) is 0 Å². The summed E-state index contributed by atoms with van der Waals surface area (Å²) in [6, 6.07) is 8.32. The van der Waals surface area contributed by atoms with Gasteiger partial charge in [0.25, 0.3) is 0 Å². The first kappa shape index (κ1) is 10.2. The second kappa shape index (κ2) is 4.07. The van der Waals surface area contributed by atoms with E-state index in [1.54, 1.807) is 0 Å². The highest BCUT2D eigenvalue weighted by Gasteiger charge is 2.11. The second-order valence-corrected chi connectivity index (χ2v) is 3.85. The van der Waals surface area contributed by atoms with Crippen molar-refractivity contribution in [3.63, 3.8) is 0 Å². The van der Waals surface area contributed by atoms with Crippen LogP contribution in [0.3, 0.4) is 0 Å². The molecule has 2 rings (SSSR count). The van der Waals surface area contributed by atoms with Crippen molar-refractivity contribution in [2.75, 3.05) is 0 Å². The Balaban J connectivity index is 2.55. The Hall–Kier alpha value is -1.28. The van der Waals surface area contributed by atoms with Crippen molar-refractivity contribution < 1.29 is 4.42 Å². The van der Waals surface area contributed by atoms with E-state index in [0.29, 0.717) is 0 Å². The van der Waals surface area contributed by atoms with Crippen LogP contribution in [0.15, 0.2) is 28.7 Å². The van der Waals surface area contributed by atoms with Crippen LogP contribution in [0.4, 0.5) is 0 Å². The summed E-state index contributed by atoms with van der Waals surface area (Å²) >= 11 is 0. The Morgan fingerprint density at radius 2 is 2.13 bits per heavy atom. The predicted molar refractivity (Wildman–Crippen MR) is 62.8 cm³/mol. The number of aryl methyl sites for hydroxylation is 1. The third kappa shape index (κ3) is 1.77. The third-order valence-corrected chi connectivity index (χ3v) is 2.83. The number of hydrogen-bond donors (Lipinski definition) is 1. The lowest BCUT2D eigenvalue weighted by Crippen LogP contribution is -2.06. The molecule has 1 atom stereocenters. The molecule has 0 spiro atoms. The van der Waals surface area contributed by atoms with E-state index >= 15 is 0 Å².